The Morgan fingerprint density at radius 1 is 1.38 bits per heavy atom. The zero-order valence-electron chi connectivity index (χ0n) is 13.5. The summed E-state index contributed by atoms with van der Waals surface area (Å²) >= 11 is 0. The van der Waals surface area contributed by atoms with Crippen molar-refractivity contribution in [1.29, 1.82) is 0 Å². The van der Waals surface area contributed by atoms with E-state index in [0.717, 1.165) is 56.7 Å². The van der Waals surface area contributed by atoms with E-state index in [1.807, 2.05) is 0 Å². The summed E-state index contributed by atoms with van der Waals surface area (Å²) in [5.41, 5.74) is 2.09. The molecule has 1 aromatic rings. The van der Waals surface area contributed by atoms with E-state index in [0.29, 0.717) is 12.0 Å². The van der Waals surface area contributed by atoms with Gasteiger partial charge in [-0.3, -0.25) is 9.58 Å². The fourth-order valence-electron chi connectivity index (χ4n) is 3.18. The smallest absolute Gasteiger partial charge is 0.0764 e. The highest BCUT2D eigenvalue weighted by molar-refractivity contribution is 5.87. The molecule has 1 fully saturated rings. The Morgan fingerprint density at radius 2 is 2.14 bits per heavy atom. The number of nitrogens with zero attached hydrogens (tertiary/aromatic N) is 4. The molecule has 1 aliphatic heterocycles. The molecule has 1 atom stereocenters. The number of hydrogen-bond donors (Lipinski definition) is 1. The molecule has 1 aromatic heterocycles. The largest absolute Gasteiger partial charge is 0.411 e. The molecule has 0 radical (unpaired) electrons. The highest BCUT2D eigenvalue weighted by Crippen LogP contribution is 2.20. The first-order chi connectivity index (χ1) is 10.2. The monoisotopic (exact) mass is 292 g/mol. The second kappa shape index (κ2) is 7.59. The average Bonchev–Trinajstić information content (AvgIpc) is 2.96. The van der Waals surface area contributed by atoms with Gasteiger partial charge in [-0.15, -0.1) is 0 Å². The minimum atomic E-state index is 0.380. The van der Waals surface area contributed by atoms with E-state index in [1.165, 1.54) is 0 Å². The van der Waals surface area contributed by atoms with Crippen molar-refractivity contribution in [3.63, 3.8) is 0 Å². The van der Waals surface area contributed by atoms with E-state index in [-0.39, 0.29) is 0 Å². The van der Waals surface area contributed by atoms with E-state index < -0.39 is 0 Å². The van der Waals surface area contributed by atoms with Crippen LogP contribution in [-0.4, -0.2) is 38.7 Å². The molecule has 0 bridgehead atoms. The Balaban J connectivity index is 1.96. The average molecular weight is 292 g/mol. The third-order valence-corrected chi connectivity index (χ3v) is 4.62. The van der Waals surface area contributed by atoms with Crippen LogP contribution < -0.4 is 0 Å². The Labute approximate surface area is 127 Å². The number of oxime groups is 1. The van der Waals surface area contributed by atoms with Gasteiger partial charge in [0.1, 0.15) is 0 Å². The molecule has 1 unspecified atom stereocenters. The molecule has 21 heavy (non-hydrogen) atoms. The highest BCUT2D eigenvalue weighted by Gasteiger charge is 2.25. The molecular weight excluding hydrogens is 264 g/mol. The molecule has 0 aliphatic carbocycles. The number of rotatable bonds is 6. The van der Waals surface area contributed by atoms with Crippen LogP contribution in [-0.2, 0) is 6.54 Å². The van der Waals surface area contributed by atoms with Gasteiger partial charge in [0, 0.05) is 38.2 Å². The maximum absolute atomic E-state index is 9.04. The summed E-state index contributed by atoms with van der Waals surface area (Å²) in [6.45, 7) is 9.38. The van der Waals surface area contributed by atoms with Gasteiger partial charge in [0.05, 0.1) is 17.4 Å². The summed E-state index contributed by atoms with van der Waals surface area (Å²) in [7, 11) is 0. The lowest BCUT2D eigenvalue weighted by Gasteiger charge is -2.32. The van der Waals surface area contributed by atoms with Crippen molar-refractivity contribution >= 4 is 5.71 Å². The number of piperidine rings is 1. The van der Waals surface area contributed by atoms with E-state index in [1.54, 1.807) is 0 Å². The lowest BCUT2D eigenvalue weighted by molar-refractivity contribution is 0.217. The van der Waals surface area contributed by atoms with Gasteiger partial charge in [-0.1, -0.05) is 25.9 Å². The first-order valence-corrected chi connectivity index (χ1v) is 8.18. The molecule has 1 saturated heterocycles. The van der Waals surface area contributed by atoms with Crippen LogP contribution in [0.1, 0.15) is 58.2 Å². The third-order valence-electron chi connectivity index (χ3n) is 4.62. The van der Waals surface area contributed by atoms with Crippen LogP contribution in [0, 0.1) is 5.92 Å². The minimum absolute atomic E-state index is 0.380. The summed E-state index contributed by atoms with van der Waals surface area (Å²) in [6.07, 6.45) is 6.24. The molecule has 118 valence electrons. The van der Waals surface area contributed by atoms with Gasteiger partial charge < -0.3 is 5.21 Å². The molecule has 0 saturated carbocycles. The highest BCUT2D eigenvalue weighted by atomic mass is 16.4. The van der Waals surface area contributed by atoms with Crippen molar-refractivity contribution in [2.75, 3.05) is 13.1 Å². The lowest BCUT2D eigenvalue weighted by Crippen LogP contribution is -2.40. The van der Waals surface area contributed by atoms with E-state index in [4.69, 9.17) is 10.3 Å². The zero-order chi connectivity index (χ0) is 15.2. The quantitative estimate of drug-likeness (QED) is 0.646. The molecule has 0 aromatic carbocycles. The minimum Gasteiger partial charge on any atom is -0.411 e. The lowest BCUT2D eigenvalue weighted by atomic mass is 9.93. The molecule has 0 amide bonds. The normalized spacial score (nSPS) is 22.3. The standard InChI is InChI=1S/C16H28N4O/c1-4-13-11-19(9-8-16(13)18-21)12-14-7-10-20(17-14)15(5-2)6-3/h7,10,13,15,21H,4-6,8-9,11-12H2,1-3H3/b18-16-. The SMILES string of the molecule is CCC1CN(Cc2ccn(C(CC)CC)n2)CC/C1=N/O. The molecular formula is C16H28N4O. The van der Waals surface area contributed by atoms with Gasteiger partial charge in [0.2, 0.25) is 0 Å². The Morgan fingerprint density at radius 3 is 2.76 bits per heavy atom. The molecule has 5 heteroatoms. The van der Waals surface area contributed by atoms with Gasteiger partial charge in [0.25, 0.3) is 0 Å². The Bertz CT molecular complexity index is 465. The fraction of sp³-hybridized carbons (Fsp3) is 0.750. The molecule has 0 spiro atoms. The van der Waals surface area contributed by atoms with Crippen LogP contribution in [0.3, 0.4) is 0 Å². The Hall–Kier alpha value is -1.36. The van der Waals surface area contributed by atoms with Gasteiger partial charge in [-0.05, 0) is 25.3 Å². The first-order valence-electron chi connectivity index (χ1n) is 8.18. The van der Waals surface area contributed by atoms with E-state index >= 15 is 0 Å². The van der Waals surface area contributed by atoms with Crippen molar-refractivity contribution in [2.45, 2.75) is 59.0 Å². The van der Waals surface area contributed by atoms with Crippen molar-refractivity contribution < 1.29 is 5.21 Å². The van der Waals surface area contributed by atoms with Gasteiger partial charge >= 0.3 is 0 Å². The summed E-state index contributed by atoms with van der Waals surface area (Å²) < 4.78 is 2.11. The Kier molecular flexibility index (Phi) is 5.79. The molecule has 1 aliphatic rings. The molecule has 1 N–H and O–H groups in total. The molecule has 5 nitrogen and oxygen atoms in total. The number of aromatic nitrogens is 2. The second-order valence-electron chi connectivity index (χ2n) is 5.94. The maximum Gasteiger partial charge on any atom is 0.0764 e. The van der Waals surface area contributed by atoms with E-state index in [2.05, 4.69) is 47.8 Å². The predicted molar refractivity (Wildman–Crippen MR) is 84.7 cm³/mol. The maximum atomic E-state index is 9.04. The zero-order valence-corrected chi connectivity index (χ0v) is 13.5. The van der Waals surface area contributed by atoms with Crippen molar-refractivity contribution in [3.8, 4) is 0 Å². The van der Waals surface area contributed by atoms with Crippen LogP contribution in [0.2, 0.25) is 0 Å². The van der Waals surface area contributed by atoms with Crippen molar-refractivity contribution in [2.24, 2.45) is 11.1 Å². The third kappa shape index (κ3) is 3.84. The fourth-order valence-corrected chi connectivity index (χ4v) is 3.18. The summed E-state index contributed by atoms with van der Waals surface area (Å²) in [5, 5.41) is 17.2. The summed E-state index contributed by atoms with van der Waals surface area (Å²) in [5.74, 6) is 0.380. The number of hydrogen-bond acceptors (Lipinski definition) is 4. The van der Waals surface area contributed by atoms with Gasteiger partial charge in [0.15, 0.2) is 0 Å². The van der Waals surface area contributed by atoms with Crippen LogP contribution in [0.5, 0.6) is 0 Å². The van der Waals surface area contributed by atoms with Crippen LogP contribution in [0.25, 0.3) is 0 Å². The van der Waals surface area contributed by atoms with Crippen molar-refractivity contribution in [3.05, 3.63) is 18.0 Å². The predicted octanol–water partition coefficient (Wildman–Crippen LogP) is 3.31. The van der Waals surface area contributed by atoms with Crippen molar-refractivity contribution in [1.82, 2.24) is 14.7 Å². The van der Waals surface area contributed by atoms with Crippen LogP contribution >= 0.6 is 0 Å². The molecule has 2 rings (SSSR count). The summed E-state index contributed by atoms with van der Waals surface area (Å²) in [4.78, 5) is 2.42. The van der Waals surface area contributed by atoms with E-state index in [9.17, 15) is 0 Å². The van der Waals surface area contributed by atoms with Gasteiger partial charge in [-0.2, -0.15) is 5.10 Å². The molecule has 2 heterocycles. The topological polar surface area (TPSA) is 53.7 Å². The van der Waals surface area contributed by atoms with Crippen LogP contribution in [0.15, 0.2) is 17.4 Å². The van der Waals surface area contributed by atoms with Crippen LogP contribution in [0.4, 0.5) is 0 Å². The number of likely N-dealkylation sites (tertiary alicyclic amines) is 1. The van der Waals surface area contributed by atoms with Gasteiger partial charge in [-0.25, -0.2) is 0 Å². The summed E-state index contributed by atoms with van der Waals surface area (Å²) in [6, 6.07) is 2.64. The second-order valence-corrected chi connectivity index (χ2v) is 5.94. The first kappa shape index (κ1) is 16.0.